The summed E-state index contributed by atoms with van der Waals surface area (Å²) in [5.74, 6) is -0.368. The monoisotopic (exact) mass is 304 g/mol. The van der Waals surface area contributed by atoms with Gasteiger partial charge < -0.3 is 15.4 Å². The van der Waals surface area contributed by atoms with Crippen molar-refractivity contribution in [2.24, 2.45) is 0 Å². The van der Waals surface area contributed by atoms with Crippen LogP contribution in [0.1, 0.15) is 30.1 Å². The number of amides is 1. The van der Waals surface area contributed by atoms with Crippen molar-refractivity contribution < 1.29 is 22.7 Å². The average molecular weight is 304 g/mol. The fourth-order valence-electron chi connectivity index (χ4n) is 1.84. The van der Waals surface area contributed by atoms with E-state index in [1.165, 1.54) is 19.2 Å². The molecular formula is C14H19F3N2O2. The summed E-state index contributed by atoms with van der Waals surface area (Å²) in [5.41, 5.74) is 5.84. The lowest BCUT2D eigenvalue weighted by Gasteiger charge is -2.24. The molecule has 0 aliphatic rings. The number of anilines is 1. The maximum absolute atomic E-state index is 12.6. The molecule has 21 heavy (non-hydrogen) atoms. The first-order valence-corrected chi connectivity index (χ1v) is 6.58. The number of methoxy groups -OCH3 is 1. The third-order valence-corrected chi connectivity index (χ3v) is 2.93. The number of benzene rings is 1. The number of nitrogen functional groups attached to an aromatic ring is 1. The number of nitrogens with zero attached hydrogens (tertiary/aromatic N) is 1. The van der Waals surface area contributed by atoms with Gasteiger partial charge in [0.1, 0.15) is 12.3 Å². The van der Waals surface area contributed by atoms with Crippen LogP contribution in [0.3, 0.4) is 0 Å². The predicted molar refractivity (Wildman–Crippen MR) is 74.3 cm³/mol. The first-order chi connectivity index (χ1) is 9.78. The number of ether oxygens (including phenoxy) is 1. The Morgan fingerprint density at radius 2 is 2.05 bits per heavy atom. The maximum Gasteiger partial charge on any atom is 0.406 e. The van der Waals surface area contributed by atoms with Crippen LogP contribution in [0.4, 0.5) is 18.9 Å². The van der Waals surface area contributed by atoms with Gasteiger partial charge in [-0.15, -0.1) is 0 Å². The summed E-state index contributed by atoms with van der Waals surface area (Å²) in [6, 6.07) is 4.34. The molecule has 1 rings (SSSR count). The van der Waals surface area contributed by atoms with Gasteiger partial charge >= 0.3 is 6.18 Å². The molecule has 0 saturated heterocycles. The zero-order valence-corrected chi connectivity index (χ0v) is 12.0. The van der Waals surface area contributed by atoms with E-state index in [1.807, 2.05) is 6.92 Å². The maximum atomic E-state index is 12.6. The summed E-state index contributed by atoms with van der Waals surface area (Å²) in [6.45, 7) is 0.587. The fourth-order valence-corrected chi connectivity index (χ4v) is 1.84. The Bertz CT molecular complexity index is 490. The van der Waals surface area contributed by atoms with Gasteiger partial charge in [0.2, 0.25) is 0 Å². The molecule has 0 fully saturated rings. The Morgan fingerprint density at radius 3 is 2.57 bits per heavy atom. The summed E-state index contributed by atoms with van der Waals surface area (Å²) in [7, 11) is 1.41. The molecule has 0 radical (unpaired) electrons. The van der Waals surface area contributed by atoms with Gasteiger partial charge in [-0.1, -0.05) is 13.3 Å². The second-order valence-electron chi connectivity index (χ2n) is 4.65. The number of hydrogen-bond acceptors (Lipinski definition) is 3. The minimum Gasteiger partial charge on any atom is -0.497 e. The molecule has 0 atom stereocenters. The van der Waals surface area contributed by atoms with E-state index in [0.29, 0.717) is 18.6 Å². The lowest BCUT2D eigenvalue weighted by molar-refractivity contribution is -0.140. The highest BCUT2D eigenvalue weighted by Gasteiger charge is 2.33. The summed E-state index contributed by atoms with van der Waals surface area (Å²) in [5, 5.41) is 0. The predicted octanol–water partition coefficient (Wildman–Crippen LogP) is 3.08. The van der Waals surface area contributed by atoms with Crippen LogP contribution in [0.2, 0.25) is 0 Å². The quantitative estimate of drug-likeness (QED) is 0.822. The molecule has 118 valence electrons. The molecule has 0 aliphatic carbocycles. The number of unbranched alkanes of at least 4 members (excludes halogenated alkanes) is 1. The molecule has 2 N–H and O–H groups in total. The van der Waals surface area contributed by atoms with Crippen LogP contribution in [0, 0.1) is 0 Å². The van der Waals surface area contributed by atoms with Gasteiger partial charge in [0.05, 0.1) is 12.7 Å². The van der Waals surface area contributed by atoms with Crippen LogP contribution >= 0.6 is 0 Å². The van der Waals surface area contributed by atoms with Gasteiger partial charge in [-0.3, -0.25) is 4.79 Å². The number of nitrogens with two attached hydrogens (primary N) is 1. The number of halogens is 3. The lowest BCUT2D eigenvalue weighted by atomic mass is 10.1. The zero-order valence-electron chi connectivity index (χ0n) is 12.0. The highest BCUT2D eigenvalue weighted by molar-refractivity contribution is 5.99. The van der Waals surface area contributed by atoms with Crippen LogP contribution in [0.5, 0.6) is 5.75 Å². The van der Waals surface area contributed by atoms with E-state index < -0.39 is 18.6 Å². The molecule has 0 unspecified atom stereocenters. The van der Waals surface area contributed by atoms with Crippen LogP contribution in [-0.2, 0) is 0 Å². The topological polar surface area (TPSA) is 55.6 Å². The molecule has 0 aromatic heterocycles. The number of alkyl halides is 3. The molecule has 0 saturated carbocycles. The van der Waals surface area contributed by atoms with E-state index in [2.05, 4.69) is 0 Å². The zero-order chi connectivity index (χ0) is 16.0. The molecule has 7 heteroatoms. The summed E-state index contributed by atoms with van der Waals surface area (Å²) in [4.78, 5) is 13.1. The molecule has 0 aliphatic heterocycles. The van der Waals surface area contributed by atoms with Crippen molar-refractivity contribution in [1.82, 2.24) is 4.90 Å². The first-order valence-electron chi connectivity index (χ1n) is 6.58. The molecule has 1 aromatic carbocycles. The van der Waals surface area contributed by atoms with Crippen LogP contribution in [-0.4, -0.2) is 37.2 Å². The Hall–Kier alpha value is -1.92. The average Bonchev–Trinajstić information content (AvgIpc) is 2.42. The van der Waals surface area contributed by atoms with Gasteiger partial charge in [-0.2, -0.15) is 13.2 Å². The Labute approximate surface area is 121 Å². The summed E-state index contributed by atoms with van der Waals surface area (Å²) >= 11 is 0. The highest BCUT2D eigenvalue weighted by atomic mass is 19.4. The second-order valence-corrected chi connectivity index (χ2v) is 4.65. The fraction of sp³-hybridized carbons (Fsp3) is 0.500. The first kappa shape index (κ1) is 17.1. The summed E-state index contributed by atoms with van der Waals surface area (Å²) in [6.07, 6.45) is -3.27. The minimum atomic E-state index is -4.45. The molecule has 4 nitrogen and oxygen atoms in total. The van der Waals surface area contributed by atoms with Crippen molar-refractivity contribution in [3.8, 4) is 5.75 Å². The number of carbonyl (C=O) groups is 1. The molecule has 1 aromatic rings. The molecule has 0 bridgehead atoms. The normalized spacial score (nSPS) is 11.3. The molecule has 0 heterocycles. The Morgan fingerprint density at radius 1 is 1.38 bits per heavy atom. The van der Waals surface area contributed by atoms with Gasteiger partial charge in [0, 0.05) is 12.2 Å². The van der Waals surface area contributed by atoms with Crippen molar-refractivity contribution in [3.05, 3.63) is 23.8 Å². The van der Waals surface area contributed by atoms with E-state index in [0.717, 1.165) is 4.90 Å². The number of hydrogen-bond donors (Lipinski definition) is 1. The minimum absolute atomic E-state index is 0.0229. The smallest absolute Gasteiger partial charge is 0.406 e. The van der Waals surface area contributed by atoms with E-state index in [9.17, 15) is 18.0 Å². The largest absolute Gasteiger partial charge is 0.497 e. The van der Waals surface area contributed by atoms with E-state index in [1.54, 1.807) is 6.07 Å². The van der Waals surface area contributed by atoms with Crippen LogP contribution < -0.4 is 10.5 Å². The van der Waals surface area contributed by atoms with Gasteiger partial charge in [-0.05, 0) is 24.6 Å². The van der Waals surface area contributed by atoms with Crippen molar-refractivity contribution in [2.45, 2.75) is 25.9 Å². The highest BCUT2D eigenvalue weighted by Crippen LogP contribution is 2.24. The Kier molecular flexibility index (Phi) is 5.87. The van der Waals surface area contributed by atoms with Crippen molar-refractivity contribution in [2.75, 3.05) is 25.9 Å². The second kappa shape index (κ2) is 7.19. The van der Waals surface area contributed by atoms with Crippen molar-refractivity contribution in [1.29, 1.82) is 0 Å². The van der Waals surface area contributed by atoms with E-state index >= 15 is 0 Å². The molecule has 0 spiro atoms. The van der Waals surface area contributed by atoms with Gasteiger partial charge in [0.25, 0.3) is 5.91 Å². The molecule has 1 amide bonds. The third kappa shape index (κ3) is 5.17. The van der Waals surface area contributed by atoms with Crippen LogP contribution in [0.15, 0.2) is 18.2 Å². The van der Waals surface area contributed by atoms with Crippen LogP contribution in [0.25, 0.3) is 0 Å². The SMILES string of the molecule is CCCCN(CC(F)(F)F)C(=O)c1cc(OC)ccc1N. The number of rotatable bonds is 6. The van der Waals surface area contributed by atoms with Gasteiger partial charge in [-0.25, -0.2) is 0 Å². The van der Waals surface area contributed by atoms with Gasteiger partial charge in [0.15, 0.2) is 0 Å². The standard InChI is InChI=1S/C14H19F3N2O2/c1-3-4-7-19(9-14(15,16)17)13(20)11-8-10(21-2)5-6-12(11)18/h5-6,8H,3-4,7,9,18H2,1-2H3. The Balaban J connectivity index is 3.03. The van der Waals surface area contributed by atoms with E-state index in [-0.39, 0.29) is 17.8 Å². The summed E-state index contributed by atoms with van der Waals surface area (Å²) < 4.78 is 42.8. The number of carbonyl (C=O) groups excluding carboxylic acids is 1. The van der Waals surface area contributed by atoms with Crippen molar-refractivity contribution >= 4 is 11.6 Å². The third-order valence-electron chi connectivity index (χ3n) is 2.93. The van der Waals surface area contributed by atoms with Crippen molar-refractivity contribution in [3.63, 3.8) is 0 Å². The van der Waals surface area contributed by atoms with E-state index in [4.69, 9.17) is 10.5 Å². The molecular weight excluding hydrogens is 285 g/mol. The lowest BCUT2D eigenvalue weighted by Crippen LogP contribution is -2.39.